The lowest BCUT2D eigenvalue weighted by Gasteiger charge is -2.10. The molecule has 12 aromatic rings. The summed E-state index contributed by atoms with van der Waals surface area (Å²) in [6.07, 6.45) is 0. The maximum Gasteiger partial charge on any atom is 0.164 e. The number of benzene rings is 9. The van der Waals surface area contributed by atoms with Crippen molar-refractivity contribution in [3.05, 3.63) is 188 Å². The minimum absolute atomic E-state index is 0.623. The van der Waals surface area contributed by atoms with Gasteiger partial charge in [0.1, 0.15) is 11.2 Å². The number of nitrogens with zero attached hydrogens (tertiary/aromatic N) is 3. The van der Waals surface area contributed by atoms with Gasteiger partial charge in [0, 0.05) is 47.6 Å². The van der Waals surface area contributed by atoms with Crippen LogP contribution in [0.25, 0.3) is 120 Å². The first-order valence-electron chi connectivity index (χ1n) is 19.4. The molecule has 0 fully saturated rings. The van der Waals surface area contributed by atoms with Crippen molar-refractivity contribution in [1.82, 2.24) is 15.0 Å². The van der Waals surface area contributed by atoms with Crippen molar-refractivity contribution in [1.29, 1.82) is 0 Å². The first-order chi connectivity index (χ1) is 28.7. The van der Waals surface area contributed by atoms with Crippen molar-refractivity contribution in [3.8, 4) is 56.4 Å². The van der Waals surface area contributed by atoms with Crippen molar-refractivity contribution < 1.29 is 4.42 Å². The predicted octanol–water partition coefficient (Wildman–Crippen LogP) is 14.8. The first-order valence-corrected chi connectivity index (χ1v) is 20.2. The lowest BCUT2D eigenvalue weighted by Crippen LogP contribution is -2.00. The topological polar surface area (TPSA) is 51.8 Å². The molecule has 9 aromatic carbocycles. The second kappa shape index (κ2) is 13.1. The van der Waals surface area contributed by atoms with Crippen molar-refractivity contribution in [2.24, 2.45) is 0 Å². The van der Waals surface area contributed by atoms with E-state index >= 15 is 0 Å². The summed E-state index contributed by atoms with van der Waals surface area (Å²) >= 11 is 1.79. The predicted molar refractivity (Wildman–Crippen MR) is 242 cm³/mol. The smallest absolute Gasteiger partial charge is 0.164 e. The molecule has 0 spiro atoms. The van der Waals surface area contributed by atoms with Crippen LogP contribution in [0.3, 0.4) is 0 Å². The second-order valence-electron chi connectivity index (χ2n) is 14.8. The number of hydrogen-bond acceptors (Lipinski definition) is 5. The summed E-state index contributed by atoms with van der Waals surface area (Å²) in [6, 6.07) is 66.4. The van der Waals surface area contributed by atoms with Gasteiger partial charge in [0.05, 0.1) is 0 Å². The van der Waals surface area contributed by atoms with Gasteiger partial charge < -0.3 is 4.42 Å². The second-order valence-corrected chi connectivity index (χ2v) is 15.9. The zero-order valence-corrected chi connectivity index (χ0v) is 31.9. The molecular weight excluding hydrogens is 727 g/mol. The van der Waals surface area contributed by atoms with Gasteiger partial charge in [-0.2, -0.15) is 0 Å². The minimum Gasteiger partial charge on any atom is -0.456 e. The fourth-order valence-electron chi connectivity index (χ4n) is 8.47. The van der Waals surface area contributed by atoms with Gasteiger partial charge in [-0.25, -0.2) is 15.0 Å². The molecule has 0 radical (unpaired) electrons. The summed E-state index contributed by atoms with van der Waals surface area (Å²) in [6.45, 7) is 0. The van der Waals surface area contributed by atoms with E-state index in [1.165, 1.54) is 47.3 Å². The molecule has 270 valence electrons. The molecule has 0 aliphatic heterocycles. The third-order valence-electron chi connectivity index (χ3n) is 11.3. The average molecular weight is 758 g/mol. The number of hydrogen-bond donors (Lipinski definition) is 0. The zero-order chi connectivity index (χ0) is 38.2. The van der Waals surface area contributed by atoms with Gasteiger partial charge in [0.25, 0.3) is 0 Å². The van der Waals surface area contributed by atoms with Gasteiger partial charge in [-0.1, -0.05) is 146 Å². The van der Waals surface area contributed by atoms with E-state index in [9.17, 15) is 0 Å². The quantitative estimate of drug-likeness (QED) is 0.164. The third-order valence-corrected chi connectivity index (χ3v) is 12.4. The molecule has 0 unspecified atom stereocenters. The molecule has 3 heterocycles. The molecule has 58 heavy (non-hydrogen) atoms. The third kappa shape index (κ3) is 5.40. The molecule has 5 heteroatoms. The fourth-order valence-corrected chi connectivity index (χ4v) is 9.62. The monoisotopic (exact) mass is 757 g/mol. The summed E-state index contributed by atoms with van der Waals surface area (Å²) in [5.74, 6) is 1.91. The lowest BCUT2D eigenvalue weighted by molar-refractivity contribution is 0.669. The Labute approximate surface area is 337 Å². The van der Waals surface area contributed by atoms with Crippen LogP contribution in [0.1, 0.15) is 0 Å². The number of thiophene rings is 1. The highest BCUT2D eigenvalue weighted by Gasteiger charge is 2.17. The number of rotatable bonds is 5. The Morgan fingerprint density at radius 1 is 0.328 bits per heavy atom. The van der Waals surface area contributed by atoms with Gasteiger partial charge in [-0.05, 0) is 86.3 Å². The SMILES string of the molecule is c1ccc(-c2nc(-c3cccc(-c4cccc5oc6ccc(-c7ccc8ccc9ccccc9c8c7)cc6c45)c3)nc(-c3ccc4c(c3)sc3ccccc34)n2)cc1. The molecule has 0 N–H and O–H groups in total. The molecule has 12 rings (SSSR count). The van der Waals surface area contributed by atoms with Crippen LogP contribution in [0.4, 0.5) is 0 Å². The van der Waals surface area contributed by atoms with Crippen LogP contribution in [0, 0.1) is 0 Å². The van der Waals surface area contributed by atoms with Gasteiger partial charge in [-0.3, -0.25) is 0 Å². The van der Waals surface area contributed by atoms with E-state index in [4.69, 9.17) is 19.4 Å². The van der Waals surface area contributed by atoms with Gasteiger partial charge in [0.15, 0.2) is 17.5 Å². The summed E-state index contributed by atoms with van der Waals surface area (Å²) in [5, 5.41) is 9.67. The molecular formula is C53H31N3OS. The molecule has 0 amide bonds. The Hall–Kier alpha value is -7.47. The molecule has 0 atom stereocenters. The lowest BCUT2D eigenvalue weighted by atomic mass is 9.95. The van der Waals surface area contributed by atoms with Crippen molar-refractivity contribution in [3.63, 3.8) is 0 Å². The van der Waals surface area contributed by atoms with Crippen LogP contribution in [0.5, 0.6) is 0 Å². The van der Waals surface area contributed by atoms with E-state index < -0.39 is 0 Å². The number of aromatic nitrogens is 3. The van der Waals surface area contributed by atoms with Crippen LogP contribution in [0.2, 0.25) is 0 Å². The fraction of sp³-hybridized carbons (Fsp3) is 0. The van der Waals surface area contributed by atoms with Crippen LogP contribution < -0.4 is 0 Å². The van der Waals surface area contributed by atoms with E-state index in [-0.39, 0.29) is 0 Å². The van der Waals surface area contributed by atoms with E-state index in [0.717, 1.165) is 55.3 Å². The van der Waals surface area contributed by atoms with Crippen LogP contribution >= 0.6 is 11.3 Å². The van der Waals surface area contributed by atoms with Gasteiger partial charge in [0.2, 0.25) is 0 Å². The van der Waals surface area contributed by atoms with Crippen LogP contribution in [-0.4, -0.2) is 15.0 Å². The minimum atomic E-state index is 0.623. The normalized spacial score (nSPS) is 11.8. The van der Waals surface area contributed by atoms with E-state index in [2.05, 4.69) is 158 Å². The van der Waals surface area contributed by atoms with Crippen LogP contribution in [-0.2, 0) is 0 Å². The standard InChI is InChI=1S/C53H31N3OS/c1-2-11-34(12-3-1)51-54-52(56-53(55-51)39-24-26-43-42-16-6-7-19-48(42)58-49(43)31-39)38-14-8-13-37(28-38)41-17-9-18-47-50(41)45-30-36(25-27-46(45)57-47)35-23-22-33-21-20-32-10-4-5-15-40(32)44(33)29-35/h1-31H. The first kappa shape index (κ1) is 32.7. The van der Waals surface area contributed by atoms with Crippen LogP contribution in [0.15, 0.2) is 192 Å². The maximum absolute atomic E-state index is 6.50. The Kier molecular flexibility index (Phi) is 7.37. The number of fused-ring (bicyclic) bond motifs is 9. The maximum atomic E-state index is 6.50. The van der Waals surface area contributed by atoms with Gasteiger partial charge in [-0.15, -0.1) is 11.3 Å². The highest BCUT2D eigenvalue weighted by Crippen LogP contribution is 2.41. The summed E-state index contributed by atoms with van der Waals surface area (Å²) in [7, 11) is 0. The summed E-state index contributed by atoms with van der Waals surface area (Å²) in [4.78, 5) is 15.3. The van der Waals surface area contributed by atoms with Crippen molar-refractivity contribution in [2.75, 3.05) is 0 Å². The molecule has 0 aliphatic carbocycles. The highest BCUT2D eigenvalue weighted by atomic mass is 32.1. The number of furan rings is 1. The largest absolute Gasteiger partial charge is 0.456 e. The average Bonchev–Trinajstić information content (AvgIpc) is 3.87. The van der Waals surface area contributed by atoms with E-state index in [0.29, 0.717) is 17.5 Å². The zero-order valence-electron chi connectivity index (χ0n) is 31.1. The molecule has 0 saturated carbocycles. The molecule has 3 aromatic heterocycles. The molecule has 0 bridgehead atoms. The van der Waals surface area contributed by atoms with Crippen molar-refractivity contribution >= 4 is 75.0 Å². The molecule has 4 nitrogen and oxygen atoms in total. The Balaban J connectivity index is 0.988. The highest BCUT2D eigenvalue weighted by molar-refractivity contribution is 7.25. The molecule has 0 saturated heterocycles. The Morgan fingerprint density at radius 2 is 0.931 bits per heavy atom. The summed E-state index contributed by atoms with van der Waals surface area (Å²) in [5.41, 5.74) is 8.99. The Morgan fingerprint density at radius 3 is 1.79 bits per heavy atom. The van der Waals surface area contributed by atoms with Gasteiger partial charge >= 0.3 is 0 Å². The van der Waals surface area contributed by atoms with E-state index in [1.54, 1.807) is 11.3 Å². The Bertz CT molecular complexity index is 3590. The van der Waals surface area contributed by atoms with E-state index in [1.807, 2.05) is 30.3 Å². The van der Waals surface area contributed by atoms with Crippen molar-refractivity contribution in [2.45, 2.75) is 0 Å². The summed E-state index contributed by atoms with van der Waals surface area (Å²) < 4.78 is 8.98. The molecule has 0 aliphatic rings.